The average Bonchev–Trinajstić information content (AvgIpc) is 3.33. The van der Waals surface area contributed by atoms with Gasteiger partial charge in [-0.2, -0.15) is 4.98 Å². The number of aromatic nitrogens is 3. The van der Waals surface area contributed by atoms with Crippen LogP contribution in [-0.2, 0) is 12.8 Å². The minimum absolute atomic E-state index is 0.139. The van der Waals surface area contributed by atoms with Gasteiger partial charge in [0.2, 0.25) is 6.79 Å². The van der Waals surface area contributed by atoms with Gasteiger partial charge in [0.15, 0.2) is 28.7 Å². The smallest absolute Gasteiger partial charge is 0.252 e. The molecule has 2 aliphatic rings. The fourth-order valence-electron chi connectivity index (χ4n) is 4.35. The van der Waals surface area contributed by atoms with Gasteiger partial charge in [-0.15, -0.1) is 0 Å². The molecular formula is C21H24N4O3. The van der Waals surface area contributed by atoms with Crippen molar-refractivity contribution in [3.05, 3.63) is 36.0 Å². The standard InChI is InChI=1S/C21H24N4O3/c1-3-17-24-18-19(22-12-23-20(18)28-17)25-8-4-7-21(2,11-25)10-14-5-6-15-16(9-14)27-13-26-15/h5-6,9,12H,3-4,7-8,10-11,13H2,1-2H3/t21-/m0/s1. The molecule has 3 aromatic rings. The molecule has 0 bridgehead atoms. The summed E-state index contributed by atoms with van der Waals surface area (Å²) in [6.45, 7) is 6.58. The number of rotatable bonds is 4. The SMILES string of the molecule is CCc1nc2c(N3CCC[C@@](C)(Cc4ccc5c(c4)OCO5)C3)ncnc2o1. The van der Waals surface area contributed by atoms with Gasteiger partial charge in [-0.1, -0.05) is 19.9 Å². The zero-order valence-corrected chi connectivity index (χ0v) is 16.3. The Kier molecular flexibility index (Phi) is 4.10. The van der Waals surface area contributed by atoms with Crippen LogP contribution in [0.25, 0.3) is 11.2 Å². The molecule has 0 radical (unpaired) electrons. The van der Waals surface area contributed by atoms with Gasteiger partial charge in [0, 0.05) is 19.5 Å². The van der Waals surface area contributed by atoms with Crippen molar-refractivity contribution in [2.75, 3.05) is 24.8 Å². The monoisotopic (exact) mass is 380 g/mol. The number of fused-ring (bicyclic) bond motifs is 2. The van der Waals surface area contributed by atoms with E-state index in [2.05, 4.69) is 38.9 Å². The lowest BCUT2D eigenvalue weighted by Gasteiger charge is -2.41. The summed E-state index contributed by atoms with van der Waals surface area (Å²) in [5.74, 6) is 3.27. The summed E-state index contributed by atoms with van der Waals surface area (Å²) in [5.41, 5.74) is 2.76. The van der Waals surface area contributed by atoms with Gasteiger partial charge in [-0.25, -0.2) is 9.97 Å². The average molecular weight is 380 g/mol. The maximum Gasteiger partial charge on any atom is 0.252 e. The minimum Gasteiger partial charge on any atom is -0.454 e. The number of ether oxygens (including phenoxy) is 2. The van der Waals surface area contributed by atoms with Gasteiger partial charge in [-0.3, -0.25) is 0 Å². The van der Waals surface area contributed by atoms with Crippen molar-refractivity contribution in [3.63, 3.8) is 0 Å². The van der Waals surface area contributed by atoms with Crippen LogP contribution in [0.4, 0.5) is 5.82 Å². The van der Waals surface area contributed by atoms with Crippen molar-refractivity contribution in [2.24, 2.45) is 5.41 Å². The first kappa shape index (κ1) is 17.3. The second-order valence-electron chi connectivity index (χ2n) is 8.01. The van der Waals surface area contributed by atoms with E-state index in [-0.39, 0.29) is 5.41 Å². The predicted octanol–water partition coefficient (Wildman–Crippen LogP) is 3.76. The lowest BCUT2D eigenvalue weighted by atomic mass is 9.77. The van der Waals surface area contributed by atoms with E-state index in [9.17, 15) is 0 Å². The Balaban J connectivity index is 1.40. The van der Waals surface area contributed by atoms with Crippen LogP contribution in [-0.4, -0.2) is 34.8 Å². The van der Waals surface area contributed by atoms with Gasteiger partial charge in [-0.05, 0) is 42.4 Å². The Labute approximate surface area is 163 Å². The Morgan fingerprint density at radius 2 is 2.07 bits per heavy atom. The van der Waals surface area contributed by atoms with Crippen molar-refractivity contribution in [2.45, 2.75) is 39.5 Å². The lowest BCUT2D eigenvalue weighted by molar-refractivity contribution is 0.174. The molecule has 1 fully saturated rings. The van der Waals surface area contributed by atoms with E-state index in [0.29, 0.717) is 18.4 Å². The number of nitrogens with zero attached hydrogens (tertiary/aromatic N) is 4. The maximum atomic E-state index is 5.72. The molecule has 7 heteroatoms. The first-order valence-electron chi connectivity index (χ1n) is 9.87. The third-order valence-electron chi connectivity index (χ3n) is 5.67. The van der Waals surface area contributed by atoms with Crippen LogP contribution in [0.15, 0.2) is 28.9 Å². The van der Waals surface area contributed by atoms with E-state index in [1.54, 1.807) is 6.33 Å². The second-order valence-corrected chi connectivity index (χ2v) is 8.01. The molecule has 0 saturated carbocycles. The predicted molar refractivity (Wildman–Crippen MR) is 105 cm³/mol. The molecule has 0 aliphatic carbocycles. The van der Waals surface area contributed by atoms with Crippen LogP contribution < -0.4 is 14.4 Å². The molecule has 1 atom stereocenters. The van der Waals surface area contributed by atoms with E-state index >= 15 is 0 Å². The highest BCUT2D eigenvalue weighted by Gasteiger charge is 2.33. The first-order valence-corrected chi connectivity index (χ1v) is 9.87. The van der Waals surface area contributed by atoms with Crippen LogP contribution in [0.5, 0.6) is 11.5 Å². The zero-order chi connectivity index (χ0) is 19.1. The van der Waals surface area contributed by atoms with Crippen LogP contribution in [0.3, 0.4) is 0 Å². The summed E-state index contributed by atoms with van der Waals surface area (Å²) >= 11 is 0. The number of anilines is 1. The van der Waals surface area contributed by atoms with Gasteiger partial charge in [0.25, 0.3) is 5.71 Å². The number of piperidine rings is 1. The fourth-order valence-corrected chi connectivity index (χ4v) is 4.35. The molecule has 28 heavy (non-hydrogen) atoms. The molecule has 2 aromatic heterocycles. The maximum absolute atomic E-state index is 5.72. The summed E-state index contributed by atoms with van der Waals surface area (Å²) in [4.78, 5) is 15.8. The minimum atomic E-state index is 0.139. The lowest BCUT2D eigenvalue weighted by Crippen LogP contribution is -2.43. The number of hydrogen-bond acceptors (Lipinski definition) is 7. The van der Waals surface area contributed by atoms with E-state index in [1.807, 2.05) is 13.0 Å². The van der Waals surface area contributed by atoms with Crippen molar-refractivity contribution in [1.82, 2.24) is 15.0 Å². The van der Waals surface area contributed by atoms with Crippen LogP contribution in [0.1, 0.15) is 38.1 Å². The first-order chi connectivity index (χ1) is 13.6. The summed E-state index contributed by atoms with van der Waals surface area (Å²) in [5, 5.41) is 0. The van der Waals surface area contributed by atoms with Crippen molar-refractivity contribution < 1.29 is 13.9 Å². The van der Waals surface area contributed by atoms with E-state index < -0.39 is 0 Å². The van der Waals surface area contributed by atoms with Gasteiger partial charge >= 0.3 is 0 Å². The topological polar surface area (TPSA) is 73.5 Å². The fraction of sp³-hybridized carbons (Fsp3) is 0.476. The Morgan fingerprint density at radius 1 is 1.18 bits per heavy atom. The number of hydrogen-bond donors (Lipinski definition) is 0. The van der Waals surface area contributed by atoms with Crippen molar-refractivity contribution in [1.29, 1.82) is 0 Å². The van der Waals surface area contributed by atoms with E-state index in [4.69, 9.17) is 13.9 Å². The number of oxazole rings is 1. The molecule has 0 spiro atoms. The summed E-state index contributed by atoms with van der Waals surface area (Å²) in [6.07, 6.45) is 5.59. The van der Waals surface area contributed by atoms with Crippen molar-refractivity contribution in [3.8, 4) is 11.5 Å². The van der Waals surface area contributed by atoms with E-state index in [1.165, 1.54) is 12.0 Å². The summed E-state index contributed by atoms with van der Waals surface area (Å²) in [6, 6.07) is 6.27. The summed E-state index contributed by atoms with van der Waals surface area (Å²) < 4.78 is 16.7. The molecule has 4 heterocycles. The highest BCUT2D eigenvalue weighted by Crippen LogP contribution is 2.39. The third-order valence-corrected chi connectivity index (χ3v) is 5.67. The van der Waals surface area contributed by atoms with Gasteiger partial charge < -0.3 is 18.8 Å². The molecule has 2 aliphatic heterocycles. The van der Waals surface area contributed by atoms with Crippen LogP contribution >= 0.6 is 0 Å². The number of benzene rings is 1. The third kappa shape index (κ3) is 3.04. The van der Waals surface area contributed by atoms with Crippen LogP contribution in [0, 0.1) is 5.41 Å². The quantitative estimate of drug-likeness (QED) is 0.682. The molecule has 7 nitrogen and oxygen atoms in total. The van der Waals surface area contributed by atoms with Gasteiger partial charge in [0.1, 0.15) is 6.33 Å². The molecule has 146 valence electrons. The molecule has 1 aromatic carbocycles. The second kappa shape index (κ2) is 6.65. The number of aryl methyl sites for hydroxylation is 1. The highest BCUT2D eigenvalue weighted by atomic mass is 16.7. The molecule has 1 saturated heterocycles. The molecule has 0 amide bonds. The molecule has 0 N–H and O–H groups in total. The zero-order valence-electron chi connectivity index (χ0n) is 16.3. The van der Waals surface area contributed by atoms with E-state index in [0.717, 1.165) is 55.2 Å². The molecular weight excluding hydrogens is 356 g/mol. The Morgan fingerprint density at radius 3 is 2.96 bits per heavy atom. The molecule has 0 unspecified atom stereocenters. The Bertz CT molecular complexity index is 1020. The largest absolute Gasteiger partial charge is 0.454 e. The summed E-state index contributed by atoms with van der Waals surface area (Å²) in [7, 11) is 0. The van der Waals surface area contributed by atoms with Gasteiger partial charge in [0.05, 0.1) is 0 Å². The highest BCUT2D eigenvalue weighted by molar-refractivity contribution is 5.81. The van der Waals surface area contributed by atoms with Crippen molar-refractivity contribution >= 4 is 17.0 Å². The van der Waals surface area contributed by atoms with Crippen LogP contribution in [0.2, 0.25) is 0 Å². The Hall–Kier alpha value is -2.83. The normalized spacial score (nSPS) is 21.4. The molecule has 5 rings (SSSR count).